The third kappa shape index (κ3) is 7.79. The third-order valence-corrected chi connectivity index (χ3v) is 6.20. The molecule has 7 nitrogen and oxygen atoms in total. The Morgan fingerprint density at radius 1 is 0.676 bits per heavy atom. The summed E-state index contributed by atoms with van der Waals surface area (Å²) in [6, 6.07) is 26.3. The van der Waals surface area contributed by atoms with E-state index in [4.69, 9.17) is 23.7 Å². The molecule has 1 aliphatic carbocycles. The van der Waals surface area contributed by atoms with Crippen LogP contribution in [0.4, 0.5) is 4.79 Å². The summed E-state index contributed by atoms with van der Waals surface area (Å²) in [5, 5.41) is 0. The van der Waals surface area contributed by atoms with Crippen molar-refractivity contribution < 1.29 is 28.5 Å². The number of nitrogens with zero attached hydrogens (tertiary/aromatic N) is 1. The van der Waals surface area contributed by atoms with E-state index in [9.17, 15) is 4.79 Å². The molecule has 7 heteroatoms. The molecule has 0 radical (unpaired) electrons. The zero-order valence-electron chi connectivity index (χ0n) is 21.3. The van der Waals surface area contributed by atoms with Gasteiger partial charge in [0.1, 0.15) is 19.0 Å². The van der Waals surface area contributed by atoms with Gasteiger partial charge in [-0.25, -0.2) is 4.79 Å². The van der Waals surface area contributed by atoms with Crippen LogP contribution in [0, 0.1) is 0 Å². The van der Waals surface area contributed by atoms with E-state index >= 15 is 0 Å². The normalized spacial score (nSPS) is 12.1. The van der Waals surface area contributed by atoms with E-state index in [1.807, 2.05) is 54.6 Å². The molecule has 0 heterocycles. The molecule has 0 atom stereocenters. The van der Waals surface area contributed by atoms with E-state index in [-0.39, 0.29) is 12.0 Å². The van der Waals surface area contributed by atoms with Crippen LogP contribution in [0.1, 0.15) is 17.0 Å². The minimum absolute atomic E-state index is 0.0542. The number of amides is 1. The van der Waals surface area contributed by atoms with Gasteiger partial charge >= 0.3 is 6.09 Å². The van der Waals surface area contributed by atoms with E-state index in [0.29, 0.717) is 59.4 Å². The van der Waals surface area contributed by atoms with Crippen LogP contribution >= 0.6 is 0 Å². The molecule has 3 aromatic rings. The van der Waals surface area contributed by atoms with Gasteiger partial charge in [0.2, 0.25) is 0 Å². The van der Waals surface area contributed by atoms with Gasteiger partial charge in [0.05, 0.1) is 39.6 Å². The predicted molar refractivity (Wildman–Crippen MR) is 142 cm³/mol. The first-order chi connectivity index (χ1) is 18.2. The lowest BCUT2D eigenvalue weighted by Gasteiger charge is -2.19. The molecule has 0 fully saturated rings. The highest BCUT2D eigenvalue weighted by molar-refractivity contribution is 5.79. The molecule has 0 saturated carbocycles. The zero-order valence-corrected chi connectivity index (χ0v) is 21.3. The SMILES string of the molecule is CN(CCOCCOCCOCCOc1ccccc1)C(=O)OCC1c2ccccc2-c2ccccc21. The molecule has 0 saturated heterocycles. The molecule has 1 aliphatic rings. The van der Waals surface area contributed by atoms with Crippen LogP contribution < -0.4 is 4.74 Å². The monoisotopic (exact) mass is 505 g/mol. The maximum absolute atomic E-state index is 12.5. The van der Waals surface area contributed by atoms with E-state index in [1.165, 1.54) is 22.3 Å². The summed E-state index contributed by atoms with van der Waals surface area (Å²) in [4.78, 5) is 14.1. The van der Waals surface area contributed by atoms with Crippen LogP contribution in [-0.4, -0.2) is 77.4 Å². The number of likely N-dealkylation sites (N-methyl/N-ethyl adjacent to an activating group) is 1. The van der Waals surface area contributed by atoms with Crippen LogP contribution in [0.2, 0.25) is 0 Å². The number of para-hydroxylation sites is 1. The number of carbonyl (C=O) groups is 1. The summed E-state index contributed by atoms with van der Waals surface area (Å²) in [6.07, 6.45) is -0.352. The predicted octanol–water partition coefficient (Wildman–Crippen LogP) is 5.00. The summed E-state index contributed by atoms with van der Waals surface area (Å²) >= 11 is 0. The van der Waals surface area contributed by atoms with Crippen LogP contribution in [0.3, 0.4) is 0 Å². The summed E-state index contributed by atoms with van der Waals surface area (Å²) in [5.74, 6) is 0.891. The quantitative estimate of drug-likeness (QED) is 0.271. The molecule has 4 rings (SSSR count). The molecule has 37 heavy (non-hydrogen) atoms. The molecule has 0 aliphatic heterocycles. The largest absolute Gasteiger partial charge is 0.491 e. The smallest absolute Gasteiger partial charge is 0.409 e. The molecule has 196 valence electrons. The second-order valence-corrected chi connectivity index (χ2v) is 8.72. The number of hydrogen-bond donors (Lipinski definition) is 0. The molecule has 0 spiro atoms. The van der Waals surface area contributed by atoms with Crippen LogP contribution in [0.25, 0.3) is 11.1 Å². The first kappa shape index (κ1) is 26.7. The molecule has 0 N–H and O–H groups in total. The minimum Gasteiger partial charge on any atom is -0.491 e. The number of fused-ring (bicyclic) bond motifs is 3. The van der Waals surface area contributed by atoms with Crippen molar-refractivity contribution in [2.75, 3.05) is 66.4 Å². The van der Waals surface area contributed by atoms with Crippen LogP contribution in [0.15, 0.2) is 78.9 Å². The van der Waals surface area contributed by atoms with Gasteiger partial charge in [-0.2, -0.15) is 0 Å². The van der Waals surface area contributed by atoms with Gasteiger partial charge in [0.15, 0.2) is 0 Å². The lowest BCUT2D eigenvalue weighted by Crippen LogP contribution is -2.32. The van der Waals surface area contributed by atoms with Gasteiger partial charge in [-0.3, -0.25) is 0 Å². The minimum atomic E-state index is -0.352. The van der Waals surface area contributed by atoms with Crippen molar-refractivity contribution in [3.05, 3.63) is 90.0 Å². The van der Waals surface area contributed by atoms with Crippen molar-refractivity contribution in [1.29, 1.82) is 0 Å². The summed E-state index contributed by atoms with van der Waals surface area (Å²) in [7, 11) is 1.72. The average Bonchev–Trinajstić information content (AvgIpc) is 3.26. The van der Waals surface area contributed by atoms with Crippen molar-refractivity contribution in [3.8, 4) is 16.9 Å². The molecule has 3 aromatic carbocycles. The van der Waals surface area contributed by atoms with Gasteiger partial charge in [0.25, 0.3) is 0 Å². The number of benzene rings is 3. The third-order valence-electron chi connectivity index (χ3n) is 6.20. The fraction of sp³-hybridized carbons (Fsp3) is 0.367. The lowest BCUT2D eigenvalue weighted by molar-refractivity contribution is 0.00655. The van der Waals surface area contributed by atoms with Crippen molar-refractivity contribution in [2.24, 2.45) is 0 Å². The number of hydrogen-bond acceptors (Lipinski definition) is 6. The van der Waals surface area contributed by atoms with Crippen molar-refractivity contribution in [3.63, 3.8) is 0 Å². The summed E-state index contributed by atoms with van der Waals surface area (Å²) < 4.78 is 27.8. The number of rotatable bonds is 15. The van der Waals surface area contributed by atoms with Crippen LogP contribution in [-0.2, 0) is 18.9 Å². The fourth-order valence-corrected chi connectivity index (χ4v) is 4.27. The maximum atomic E-state index is 12.5. The van der Waals surface area contributed by atoms with E-state index in [1.54, 1.807) is 11.9 Å². The van der Waals surface area contributed by atoms with E-state index in [2.05, 4.69) is 24.3 Å². The molecule has 0 unspecified atom stereocenters. The highest BCUT2D eigenvalue weighted by atomic mass is 16.6. The standard InChI is InChI=1S/C30H35NO6/c1-31(15-16-33-17-18-34-19-20-35-21-22-36-24-9-3-2-4-10-24)30(32)37-23-29-27-13-7-5-11-25(27)26-12-6-8-14-28(26)29/h2-14,29H,15-23H2,1H3. The molecular formula is C30H35NO6. The Morgan fingerprint density at radius 3 is 1.81 bits per heavy atom. The Hall–Kier alpha value is -3.39. The van der Waals surface area contributed by atoms with Crippen LogP contribution in [0.5, 0.6) is 5.75 Å². The fourth-order valence-electron chi connectivity index (χ4n) is 4.27. The molecule has 0 bridgehead atoms. The second kappa shape index (κ2) is 14.4. The highest BCUT2D eigenvalue weighted by Crippen LogP contribution is 2.44. The Balaban J connectivity index is 1.02. The Kier molecular flexibility index (Phi) is 10.4. The van der Waals surface area contributed by atoms with Gasteiger partial charge in [-0.15, -0.1) is 0 Å². The van der Waals surface area contributed by atoms with Gasteiger partial charge in [-0.1, -0.05) is 66.7 Å². The van der Waals surface area contributed by atoms with Gasteiger partial charge < -0.3 is 28.6 Å². The average molecular weight is 506 g/mol. The topological polar surface area (TPSA) is 66.5 Å². The highest BCUT2D eigenvalue weighted by Gasteiger charge is 2.29. The Morgan fingerprint density at radius 2 is 1.19 bits per heavy atom. The van der Waals surface area contributed by atoms with Gasteiger partial charge in [0, 0.05) is 19.5 Å². The van der Waals surface area contributed by atoms with E-state index < -0.39 is 0 Å². The number of ether oxygens (including phenoxy) is 5. The summed E-state index contributed by atoms with van der Waals surface area (Å²) in [5.41, 5.74) is 4.83. The molecular weight excluding hydrogens is 470 g/mol. The van der Waals surface area contributed by atoms with Crippen molar-refractivity contribution >= 4 is 6.09 Å². The Bertz CT molecular complexity index is 1060. The number of carbonyl (C=O) groups excluding carboxylic acids is 1. The Labute approximate surface area is 218 Å². The first-order valence-corrected chi connectivity index (χ1v) is 12.7. The van der Waals surface area contributed by atoms with Gasteiger partial charge in [-0.05, 0) is 34.4 Å². The lowest BCUT2D eigenvalue weighted by atomic mass is 9.98. The molecule has 0 aromatic heterocycles. The molecule has 1 amide bonds. The first-order valence-electron chi connectivity index (χ1n) is 12.7. The second-order valence-electron chi connectivity index (χ2n) is 8.72. The van der Waals surface area contributed by atoms with Crippen molar-refractivity contribution in [2.45, 2.75) is 5.92 Å². The summed E-state index contributed by atoms with van der Waals surface area (Å²) in [6.45, 7) is 4.11. The maximum Gasteiger partial charge on any atom is 0.409 e. The van der Waals surface area contributed by atoms with E-state index in [0.717, 1.165) is 5.75 Å². The zero-order chi connectivity index (χ0) is 25.7. The van der Waals surface area contributed by atoms with Crippen molar-refractivity contribution in [1.82, 2.24) is 4.90 Å².